The molecule has 0 saturated carbocycles. The van der Waals surface area contributed by atoms with Crippen molar-refractivity contribution in [1.29, 1.82) is 0 Å². The number of hydrogen-bond donors (Lipinski definition) is 3. The van der Waals surface area contributed by atoms with Crippen LogP contribution >= 0.6 is 11.7 Å². The molecule has 3 N–H and O–H groups in total. The highest BCUT2D eigenvalue weighted by Gasteiger charge is 2.23. The second-order valence-corrected chi connectivity index (χ2v) is 4.67. The summed E-state index contributed by atoms with van der Waals surface area (Å²) in [7, 11) is 0. The number of aliphatic hydroxyl groups is 2. The van der Waals surface area contributed by atoms with Gasteiger partial charge in [0.15, 0.2) is 0 Å². The topological polar surface area (TPSA) is 87.5 Å². The molecule has 1 aliphatic rings. The maximum atomic E-state index is 9.23. The molecule has 96 valence electrons. The summed E-state index contributed by atoms with van der Waals surface area (Å²) in [5.74, 6) is 0.833. The fourth-order valence-electron chi connectivity index (χ4n) is 1.85. The Kier molecular flexibility index (Phi) is 4.66. The van der Waals surface area contributed by atoms with Crippen LogP contribution in [0.4, 0.5) is 0 Å². The van der Waals surface area contributed by atoms with Crippen molar-refractivity contribution in [3.63, 3.8) is 0 Å². The van der Waals surface area contributed by atoms with Gasteiger partial charge in [0, 0.05) is 12.5 Å². The highest BCUT2D eigenvalue weighted by molar-refractivity contribution is 6.99. The Hall–Kier alpha value is -0.760. The zero-order chi connectivity index (χ0) is 12.1. The van der Waals surface area contributed by atoms with E-state index in [4.69, 9.17) is 9.84 Å². The largest absolute Gasteiger partial charge is 0.473 e. The summed E-state index contributed by atoms with van der Waals surface area (Å²) in [5, 5.41) is 21.3. The molecule has 7 heteroatoms. The van der Waals surface area contributed by atoms with Crippen molar-refractivity contribution < 1.29 is 14.9 Å². The zero-order valence-electron chi connectivity index (χ0n) is 9.50. The maximum absolute atomic E-state index is 9.23. The van der Waals surface area contributed by atoms with Crippen LogP contribution in [0.3, 0.4) is 0 Å². The quantitative estimate of drug-likeness (QED) is 0.675. The summed E-state index contributed by atoms with van der Waals surface area (Å²) in [6, 6.07) is 0. The van der Waals surface area contributed by atoms with Gasteiger partial charge in [0.1, 0.15) is 18.4 Å². The third-order valence-electron chi connectivity index (χ3n) is 2.79. The van der Waals surface area contributed by atoms with E-state index in [2.05, 4.69) is 14.1 Å². The van der Waals surface area contributed by atoms with Crippen molar-refractivity contribution in [3.8, 4) is 5.88 Å². The molecule has 1 fully saturated rings. The Labute approximate surface area is 104 Å². The van der Waals surface area contributed by atoms with Crippen LogP contribution in [0, 0.1) is 0 Å². The molecule has 17 heavy (non-hydrogen) atoms. The fourth-order valence-corrected chi connectivity index (χ4v) is 2.43. The molecule has 0 aliphatic carbocycles. The minimum Gasteiger partial charge on any atom is -0.473 e. The summed E-state index contributed by atoms with van der Waals surface area (Å²) in [6.07, 6.45) is 1.34. The Morgan fingerprint density at radius 3 is 3.12 bits per heavy atom. The van der Waals surface area contributed by atoms with Gasteiger partial charge in [-0.1, -0.05) is 0 Å². The van der Waals surface area contributed by atoms with Gasteiger partial charge in [-0.3, -0.25) is 0 Å². The number of aliphatic hydroxyl groups excluding tert-OH is 2. The van der Waals surface area contributed by atoms with Gasteiger partial charge in [-0.15, -0.1) is 4.37 Å². The molecule has 2 heterocycles. The molecule has 0 aromatic carbocycles. The van der Waals surface area contributed by atoms with Crippen LogP contribution in [-0.4, -0.2) is 51.4 Å². The van der Waals surface area contributed by atoms with E-state index in [0.29, 0.717) is 11.8 Å². The summed E-state index contributed by atoms with van der Waals surface area (Å²) >= 11 is 1.12. The average molecular weight is 259 g/mol. The molecule has 0 radical (unpaired) electrons. The number of aromatic nitrogens is 2. The van der Waals surface area contributed by atoms with E-state index < -0.39 is 6.10 Å². The standard InChI is InChI=1S/C10H17N3O3S/c14-5-8(15)6-16-10-9(12-17-13-10)7-2-1-3-11-4-7/h7-8,11,14-15H,1-6H2. The minimum absolute atomic E-state index is 0.0507. The maximum Gasteiger partial charge on any atom is 0.249 e. The molecule has 2 rings (SSSR count). The van der Waals surface area contributed by atoms with E-state index in [9.17, 15) is 5.11 Å². The summed E-state index contributed by atoms with van der Waals surface area (Å²) in [5.41, 5.74) is 0.868. The van der Waals surface area contributed by atoms with Crippen molar-refractivity contribution in [2.75, 3.05) is 26.3 Å². The smallest absolute Gasteiger partial charge is 0.249 e. The van der Waals surface area contributed by atoms with Gasteiger partial charge >= 0.3 is 0 Å². The predicted octanol–water partition coefficient (Wildman–Crippen LogP) is -0.263. The SMILES string of the molecule is OCC(O)COc1nsnc1C1CCCNC1. The molecule has 0 spiro atoms. The number of hydrogen-bond acceptors (Lipinski definition) is 7. The summed E-state index contributed by atoms with van der Waals surface area (Å²) < 4.78 is 13.7. The lowest BCUT2D eigenvalue weighted by atomic mass is 9.96. The van der Waals surface area contributed by atoms with Crippen molar-refractivity contribution in [3.05, 3.63) is 5.69 Å². The van der Waals surface area contributed by atoms with Crippen molar-refractivity contribution in [2.24, 2.45) is 0 Å². The molecule has 2 unspecified atom stereocenters. The van der Waals surface area contributed by atoms with Gasteiger partial charge in [0.25, 0.3) is 0 Å². The van der Waals surface area contributed by atoms with Crippen LogP contribution in [0.15, 0.2) is 0 Å². The van der Waals surface area contributed by atoms with Gasteiger partial charge in [-0.2, -0.15) is 4.37 Å². The Balaban J connectivity index is 1.95. The Bertz CT molecular complexity index is 341. The van der Waals surface area contributed by atoms with E-state index >= 15 is 0 Å². The molecule has 1 aromatic rings. The Morgan fingerprint density at radius 1 is 1.53 bits per heavy atom. The number of nitrogens with one attached hydrogen (secondary N) is 1. The van der Waals surface area contributed by atoms with Crippen LogP contribution in [0.5, 0.6) is 5.88 Å². The van der Waals surface area contributed by atoms with Crippen molar-refractivity contribution >= 4 is 11.7 Å². The van der Waals surface area contributed by atoms with Crippen LogP contribution < -0.4 is 10.1 Å². The Morgan fingerprint density at radius 2 is 2.41 bits per heavy atom. The number of piperidine rings is 1. The summed E-state index contributed by atoms with van der Waals surface area (Å²) in [4.78, 5) is 0. The third-order valence-corrected chi connectivity index (χ3v) is 3.31. The first kappa shape index (κ1) is 12.7. The molecular weight excluding hydrogens is 242 g/mol. The third kappa shape index (κ3) is 3.35. The number of nitrogens with zero attached hydrogens (tertiary/aromatic N) is 2. The van der Waals surface area contributed by atoms with E-state index in [0.717, 1.165) is 43.4 Å². The van der Waals surface area contributed by atoms with Gasteiger partial charge in [-0.05, 0) is 19.4 Å². The normalized spacial score (nSPS) is 22.4. The monoisotopic (exact) mass is 259 g/mol. The lowest BCUT2D eigenvalue weighted by Gasteiger charge is -2.21. The lowest BCUT2D eigenvalue weighted by molar-refractivity contribution is 0.0518. The molecule has 1 aromatic heterocycles. The fraction of sp³-hybridized carbons (Fsp3) is 0.800. The second-order valence-electron chi connectivity index (χ2n) is 4.15. The highest BCUT2D eigenvalue weighted by atomic mass is 32.1. The predicted molar refractivity (Wildman–Crippen MR) is 63.3 cm³/mol. The van der Waals surface area contributed by atoms with Crippen molar-refractivity contribution in [2.45, 2.75) is 24.9 Å². The lowest BCUT2D eigenvalue weighted by Crippen LogP contribution is -2.29. The second kappa shape index (κ2) is 6.25. The van der Waals surface area contributed by atoms with Crippen molar-refractivity contribution in [1.82, 2.24) is 14.1 Å². The minimum atomic E-state index is -0.867. The van der Waals surface area contributed by atoms with Crippen LogP contribution in [0.2, 0.25) is 0 Å². The van der Waals surface area contributed by atoms with Crippen LogP contribution in [0.1, 0.15) is 24.5 Å². The van der Waals surface area contributed by atoms with Crippen LogP contribution in [-0.2, 0) is 0 Å². The highest BCUT2D eigenvalue weighted by Crippen LogP contribution is 2.29. The van der Waals surface area contributed by atoms with E-state index in [1.807, 2.05) is 0 Å². The van der Waals surface area contributed by atoms with Gasteiger partial charge < -0.3 is 20.3 Å². The van der Waals surface area contributed by atoms with Gasteiger partial charge in [0.2, 0.25) is 5.88 Å². The first-order valence-electron chi connectivity index (χ1n) is 5.76. The first-order valence-corrected chi connectivity index (χ1v) is 6.49. The molecule has 0 amide bonds. The number of rotatable bonds is 5. The zero-order valence-corrected chi connectivity index (χ0v) is 10.3. The summed E-state index contributed by atoms with van der Waals surface area (Å²) in [6.45, 7) is 1.69. The molecule has 0 bridgehead atoms. The molecule has 1 aliphatic heterocycles. The average Bonchev–Trinajstić information content (AvgIpc) is 2.85. The first-order chi connectivity index (χ1) is 8.31. The van der Waals surface area contributed by atoms with E-state index in [1.54, 1.807) is 0 Å². The van der Waals surface area contributed by atoms with Gasteiger partial charge in [0.05, 0.1) is 18.3 Å². The molecule has 2 atom stereocenters. The van der Waals surface area contributed by atoms with Gasteiger partial charge in [-0.25, -0.2) is 0 Å². The van der Waals surface area contributed by atoms with E-state index in [1.165, 1.54) is 0 Å². The van der Waals surface area contributed by atoms with Crippen LogP contribution in [0.25, 0.3) is 0 Å². The molecular formula is C10H17N3O3S. The van der Waals surface area contributed by atoms with E-state index in [-0.39, 0.29) is 13.2 Å². The molecule has 6 nitrogen and oxygen atoms in total. The number of ether oxygens (including phenoxy) is 1. The molecule has 1 saturated heterocycles.